The fourth-order valence-electron chi connectivity index (χ4n) is 1.02. The van der Waals surface area contributed by atoms with Crippen molar-refractivity contribution in [2.24, 2.45) is 5.92 Å². The molecule has 0 aliphatic heterocycles. The molecule has 0 radical (unpaired) electrons. The molecule has 0 bridgehead atoms. The lowest BCUT2D eigenvalue weighted by Crippen LogP contribution is -2.35. The summed E-state index contributed by atoms with van der Waals surface area (Å²) in [6.45, 7) is 12.4. The number of aliphatic hydroxyl groups is 1. The minimum atomic E-state index is -0.408. The van der Waals surface area contributed by atoms with Gasteiger partial charge in [0.05, 0.1) is 18.3 Å². The molecule has 0 rings (SSSR count). The maximum atomic E-state index is 9.63. The van der Waals surface area contributed by atoms with Crippen LogP contribution in [0.5, 0.6) is 0 Å². The first-order chi connectivity index (χ1) is 6.87. The largest absolute Gasteiger partial charge is 0.389 e. The molecule has 0 saturated heterocycles. The Kier molecular flexibility index (Phi) is 7.14. The lowest BCUT2D eigenvalue weighted by atomic mass is 10.1. The molecule has 0 aromatic carbocycles. The smallest absolute Gasteiger partial charge is 0.0897 e. The van der Waals surface area contributed by atoms with E-state index in [1.165, 1.54) is 0 Å². The summed E-state index contributed by atoms with van der Waals surface area (Å²) in [6, 6.07) is 0. The van der Waals surface area contributed by atoms with Gasteiger partial charge >= 0.3 is 0 Å². The second kappa shape index (κ2) is 7.20. The predicted molar refractivity (Wildman–Crippen MR) is 64.0 cm³/mol. The summed E-state index contributed by atoms with van der Waals surface area (Å²) in [4.78, 5) is 0. The Morgan fingerprint density at radius 3 is 2.33 bits per heavy atom. The van der Waals surface area contributed by atoms with E-state index in [0.717, 1.165) is 13.0 Å². The van der Waals surface area contributed by atoms with Gasteiger partial charge in [0.2, 0.25) is 0 Å². The minimum absolute atomic E-state index is 0.126. The summed E-state index contributed by atoms with van der Waals surface area (Å²) in [5.74, 6) is 0.616. The number of rotatable bonds is 8. The molecule has 92 valence electrons. The van der Waals surface area contributed by atoms with Crippen molar-refractivity contribution >= 4 is 0 Å². The van der Waals surface area contributed by atoms with Crippen LogP contribution in [0.4, 0.5) is 0 Å². The SMILES string of the molecule is CCC(C)(C)OCC(O)CNCC(C)C. The zero-order chi connectivity index (χ0) is 11.9. The van der Waals surface area contributed by atoms with Gasteiger partial charge in [0, 0.05) is 6.54 Å². The van der Waals surface area contributed by atoms with Gasteiger partial charge in [-0.05, 0) is 32.7 Å². The van der Waals surface area contributed by atoms with E-state index in [9.17, 15) is 5.11 Å². The van der Waals surface area contributed by atoms with Crippen LogP contribution in [0.1, 0.15) is 41.0 Å². The monoisotopic (exact) mass is 217 g/mol. The van der Waals surface area contributed by atoms with E-state index in [-0.39, 0.29) is 5.60 Å². The molecular formula is C12H27NO2. The summed E-state index contributed by atoms with van der Waals surface area (Å²) in [5.41, 5.74) is -0.126. The predicted octanol–water partition coefficient (Wildman–Crippen LogP) is 1.80. The summed E-state index contributed by atoms with van der Waals surface area (Å²) in [7, 11) is 0. The molecule has 0 aromatic heterocycles. The number of hydrogen-bond donors (Lipinski definition) is 2. The van der Waals surface area contributed by atoms with Gasteiger partial charge in [0.25, 0.3) is 0 Å². The van der Waals surface area contributed by atoms with Crippen molar-refractivity contribution in [1.29, 1.82) is 0 Å². The van der Waals surface area contributed by atoms with Crippen molar-refractivity contribution in [3.05, 3.63) is 0 Å². The summed E-state index contributed by atoms with van der Waals surface area (Å²) < 4.78 is 5.61. The Morgan fingerprint density at radius 1 is 1.27 bits per heavy atom. The van der Waals surface area contributed by atoms with Crippen LogP contribution < -0.4 is 5.32 Å². The lowest BCUT2D eigenvalue weighted by Gasteiger charge is -2.25. The molecule has 0 heterocycles. The van der Waals surface area contributed by atoms with E-state index in [0.29, 0.717) is 19.1 Å². The first-order valence-corrected chi connectivity index (χ1v) is 5.90. The van der Waals surface area contributed by atoms with Gasteiger partial charge in [-0.1, -0.05) is 20.8 Å². The average Bonchev–Trinajstić information content (AvgIpc) is 2.14. The molecule has 0 aliphatic carbocycles. The van der Waals surface area contributed by atoms with Crippen LogP contribution in [0.3, 0.4) is 0 Å². The van der Waals surface area contributed by atoms with E-state index < -0.39 is 6.10 Å². The zero-order valence-corrected chi connectivity index (χ0v) is 10.8. The second-order valence-electron chi connectivity index (χ2n) is 5.13. The first-order valence-electron chi connectivity index (χ1n) is 5.90. The third-order valence-electron chi connectivity index (χ3n) is 2.45. The second-order valence-corrected chi connectivity index (χ2v) is 5.13. The van der Waals surface area contributed by atoms with Crippen molar-refractivity contribution in [2.75, 3.05) is 19.7 Å². The zero-order valence-electron chi connectivity index (χ0n) is 10.8. The van der Waals surface area contributed by atoms with Crippen LogP contribution in [0, 0.1) is 5.92 Å². The molecule has 0 aliphatic rings. The van der Waals surface area contributed by atoms with E-state index in [1.54, 1.807) is 0 Å². The van der Waals surface area contributed by atoms with E-state index in [2.05, 4.69) is 26.1 Å². The summed E-state index contributed by atoms with van der Waals surface area (Å²) >= 11 is 0. The number of hydrogen-bond acceptors (Lipinski definition) is 3. The van der Waals surface area contributed by atoms with Gasteiger partial charge in [-0.2, -0.15) is 0 Å². The van der Waals surface area contributed by atoms with Crippen LogP contribution in [0.25, 0.3) is 0 Å². The van der Waals surface area contributed by atoms with Gasteiger partial charge in [-0.15, -0.1) is 0 Å². The highest BCUT2D eigenvalue weighted by atomic mass is 16.5. The van der Waals surface area contributed by atoms with Crippen molar-refractivity contribution in [2.45, 2.75) is 52.7 Å². The van der Waals surface area contributed by atoms with E-state index in [1.807, 2.05) is 13.8 Å². The number of ether oxygens (including phenoxy) is 1. The Hall–Kier alpha value is -0.120. The molecule has 3 nitrogen and oxygen atoms in total. The van der Waals surface area contributed by atoms with Gasteiger partial charge < -0.3 is 15.2 Å². The number of nitrogens with one attached hydrogen (secondary N) is 1. The van der Waals surface area contributed by atoms with Gasteiger partial charge in [-0.25, -0.2) is 0 Å². The highest BCUT2D eigenvalue weighted by Crippen LogP contribution is 2.13. The van der Waals surface area contributed by atoms with Gasteiger partial charge in [-0.3, -0.25) is 0 Å². The summed E-state index contributed by atoms with van der Waals surface area (Å²) in [5, 5.41) is 12.8. The maximum absolute atomic E-state index is 9.63. The summed E-state index contributed by atoms with van der Waals surface area (Å²) in [6.07, 6.45) is 0.550. The molecule has 0 spiro atoms. The average molecular weight is 217 g/mol. The third kappa shape index (κ3) is 8.85. The van der Waals surface area contributed by atoms with Gasteiger partial charge in [0.1, 0.15) is 0 Å². The molecule has 0 saturated carbocycles. The molecule has 0 aromatic rings. The lowest BCUT2D eigenvalue weighted by molar-refractivity contribution is -0.0601. The van der Waals surface area contributed by atoms with Crippen LogP contribution in [-0.2, 0) is 4.74 Å². The molecule has 0 fully saturated rings. The highest BCUT2D eigenvalue weighted by Gasteiger charge is 2.17. The standard InChI is InChI=1S/C12H27NO2/c1-6-12(4,5)15-9-11(14)8-13-7-10(2)3/h10-11,13-14H,6-9H2,1-5H3. The maximum Gasteiger partial charge on any atom is 0.0897 e. The van der Waals surface area contributed by atoms with Crippen molar-refractivity contribution in [3.63, 3.8) is 0 Å². The van der Waals surface area contributed by atoms with Gasteiger partial charge in [0.15, 0.2) is 0 Å². The Morgan fingerprint density at radius 2 is 1.87 bits per heavy atom. The molecule has 2 N–H and O–H groups in total. The van der Waals surface area contributed by atoms with Crippen molar-refractivity contribution in [1.82, 2.24) is 5.32 Å². The topological polar surface area (TPSA) is 41.5 Å². The Labute approximate surface area is 94.2 Å². The van der Waals surface area contributed by atoms with Crippen LogP contribution in [0.15, 0.2) is 0 Å². The third-order valence-corrected chi connectivity index (χ3v) is 2.45. The Balaban J connectivity index is 3.53. The molecule has 1 atom stereocenters. The molecule has 15 heavy (non-hydrogen) atoms. The highest BCUT2D eigenvalue weighted by molar-refractivity contribution is 4.68. The van der Waals surface area contributed by atoms with Crippen LogP contribution in [0.2, 0.25) is 0 Å². The van der Waals surface area contributed by atoms with Crippen molar-refractivity contribution in [3.8, 4) is 0 Å². The number of aliphatic hydroxyl groups excluding tert-OH is 1. The minimum Gasteiger partial charge on any atom is -0.389 e. The molecule has 3 heteroatoms. The Bertz CT molecular complexity index is 158. The molecule has 1 unspecified atom stereocenters. The van der Waals surface area contributed by atoms with E-state index >= 15 is 0 Å². The fraction of sp³-hybridized carbons (Fsp3) is 1.00. The molecule has 0 amide bonds. The normalized spacial score (nSPS) is 14.6. The fourth-order valence-corrected chi connectivity index (χ4v) is 1.02. The quantitative estimate of drug-likeness (QED) is 0.651. The van der Waals surface area contributed by atoms with Crippen LogP contribution >= 0.6 is 0 Å². The first kappa shape index (κ1) is 14.9. The van der Waals surface area contributed by atoms with Crippen LogP contribution in [-0.4, -0.2) is 36.5 Å². The van der Waals surface area contributed by atoms with Crippen molar-refractivity contribution < 1.29 is 9.84 Å². The molecular weight excluding hydrogens is 190 g/mol. The van der Waals surface area contributed by atoms with E-state index in [4.69, 9.17) is 4.74 Å².